The molecule has 2 rings (SSSR count). The molecule has 0 aliphatic rings. The zero-order valence-corrected chi connectivity index (χ0v) is 9.57. The Kier molecular flexibility index (Phi) is 3.51. The fourth-order valence-electron chi connectivity index (χ4n) is 1.40. The van der Waals surface area contributed by atoms with Crippen LogP contribution in [0.1, 0.15) is 16.1 Å². The van der Waals surface area contributed by atoms with Crippen LogP contribution < -0.4 is 16.6 Å². The van der Waals surface area contributed by atoms with Gasteiger partial charge in [0.25, 0.3) is 11.5 Å². The fraction of sp³-hybridized carbons (Fsp3) is 0.0909. The number of benzene rings is 1. The lowest BCUT2D eigenvalue weighted by atomic mass is 10.2. The van der Waals surface area contributed by atoms with Crippen molar-refractivity contribution in [2.75, 3.05) is 0 Å². The summed E-state index contributed by atoms with van der Waals surface area (Å²) in [5.74, 6) is -1.27. The molecule has 0 radical (unpaired) electrons. The van der Waals surface area contributed by atoms with Crippen LogP contribution in [0.3, 0.4) is 0 Å². The number of hydrogen-bond donors (Lipinski definition) is 3. The third-order valence-electron chi connectivity index (χ3n) is 2.32. The third-order valence-corrected chi connectivity index (χ3v) is 2.32. The number of nitrogens with zero attached hydrogens (tertiary/aromatic N) is 1. The maximum absolute atomic E-state index is 13.3. The van der Waals surface area contributed by atoms with Crippen LogP contribution in [0.15, 0.2) is 33.9 Å². The van der Waals surface area contributed by atoms with Crippen molar-refractivity contribution in [2.45, 2.75) is 6.54 Å². The van der Waals surface area contributed by atoms with E-state index in [1.54, 1.807) is 6.07 Å². The number of aromatic nitrogens is 3. The van der Waals surface area contributed by atoms with Crippen LogP contribution in [0.2, 0.25) is 0 Å². The number of carbonyl (C=O) groups excluding carboxylic acids is 1. The summed E-state index contributed by atoms with van der Waals surface area (Å²) in [7, 11) is 0. The molecule has 1 heterocycles. The zero-order chi connectivity index (χ0) is 13.8. The van der Waals surface area contributed by atoms with E-state index in [2.05, 4.69) is 10.4 Å². The number of aromatic amines is 2. The molecule has 7 nitrogen and oxygen atoms in total. The van der Waals surface area contributed by atoms with E-state index in [-0.39, 0.29) is 12.1 Å². The number of amides is 1. The zero-order valence-electron chi connectivity index (χ0n) is 9.57. The molecule has 1 amide bonds. The molecule has 0 aliphatic heterocycles. The average molecular weight is 264 g/mol. The van der Waals surface area contributed by atoms with Gasteiger partial charge in [-0.25, -0.2) is 14.3 Å². The number of carbonyl (C=O) groups is 1. The molecule has 0 aliphatic carbocycles. The standard InChI is InChI=1S/C11H9FN4O3/c12-7-4-2-1-3-6(7)5-13-9(17)8-10(18)14-11(19)16-15-8/h1-4H,5H2,(H,13,17)(H2,14,16,18,19). The predicted octanol–water partition coefficient (Wildman–Crippen LogP) is -0.473. The molecule has 2 aromatic rings. The molecular weight excluding hydrogens is 255 g/mol. The summed E-state index contributed by atoms with van der Waals surface area (Å²) in [4.78, 5) is 35.5. The second-order valence-corrected chi connectivity index (χ2v) is 3.63. The second-order valence-electron chi connectivity index (χ2n) is 3.63. The molecule has 0 spiro atoms. The molecule has 1 aromatic carbocycles. The largest absolute Gasteiger partial charge is 0.346 e. The Hall–Kier alpha value is -2.77. The van der Waals surface area contributed by atoms with Crippen molar-refractivity contribution in [3.05, 3.63) is 62.2 Å². The highest BCUT2D eigenvalue weighted by atomic mass is 19.1. The molecule has 3 N–H and O–H groups in total. The van der Waals surface area contributed by atoms with E-state index in [4.69, 9.17) is 0 Å². The number of halogens is 1. The number of rotatable bonds is 3. The average Bonchev–Trinajstić information content (AvgIpc) is 2.37. The number of H-pyrrole nitrogens is 2. The summed E-state index contributed by atoms with van der Waals surface area (Å²) in [6, 6.07) is 5.90. The summed E-state index contributed by atoms with van der Waals surface area (Å²) in [6.07, 6.45) is 0. The molecule has 8 heteroatoms. The monoisotopic (exact) mass is 264 g/mol. The normalized spacial score (nSPS) is 10.2. The van der Waals surface area contributed by atoms with E-state index < -0.39 is 28.7 Å². The van der Waals surface area contributed by atoms with Crippen LogP contribution >= 0.6 is 0 Å². The Morgan fingerprint density at radius 2 is 2.05 bits per heavy atom. The van der Waals surface area contributed by atoms with Gasteiger partial charge in [-0.3, -0.25) is 14.6 Å². The van der Waals surface area contributed by atoms with Gasteiger partial charge in [-0.1, -0.05) is 18.2 Å². The highest BCUT2D eigenvalue weighted by molar-refractivity contribution is 5.91. The number of hydrogen-bond acceptors (Lipinski definition) is 4. The first-order chi connectivity index (χ1) is 9.08. The lowest BCUT2D eigenvalue weighted by Crippen LogP contribution is -2.35. The van der Waals surface area contributed by atoms with Crippen LogP contribution in [-0.2, 0) is 6.54 Å². The van der Waals surface area contributed by atoms with Gasteiger partial charge in [0, 0.05) is 12.1 Å². The maximum atomic E-state index is 13.3. The van der Waals surface area contributed by atoms with E-state index in [0.717, 1.165) is 0 Å². The molecule has 0 atom stereocenters. The SMILES string of the molecule is O=C(NCc1ccccc1F)c1n[nH]c(=O)[nH]c1=O. The third kappa shape index (κ3) is 2.92. The summed E-state index contributed by atoms with van der Waals surface area (Å²) in [5, 5.41) is 7.59. The summed E-state index contributed by atoms with van der Waals surface area (Å²) < 4.78 is 13.3. The molecule has 0 saturated heterocycles. The summed E-state index contributed by atoms with van der Waals surface area (Å²) >= 11 is 0. The quantitative estimate of drug-likeness (QED) is 0.696. The molecule has 0 unspecified atom stereocenters. The lowest BCUT2D eigenvalue weighted by Gasteiger charge is -2.04. The van der Waals surface area contributed by atoms with Gasteiger partial charge in [0.15, 0.2) is 0 Å². The molecule has 1 aromatic heterocycles. The second kappa shape index (κ2) is 5.25. The van der Waals surface area contributed by atoms with Crippen LogP contribution in [0.25, 0.3) is 0 Å². The van der Waals surface area contributed by atoms with E-state index in [1.165, 1.54) is 18.2 Å². The van der Waals surface area contributed by atoms with E-state index in [1.807, 2.05) is 10.1 Å². The first kappa shape index (κ1) is 12.7. The van der Waals surface area contributed by atoms with Gasteiger partial charge in [-0.05, 0) is 6.07 Å². The van der Waals surface area contributed by atoms with Gasteiger partial charge in [0.05, 0.1) is 0 Å². The van der Waals surface area contributed by atoms with Crippen molar-refractivity contribution in [1.29, 1.82) is 0 Å². The Balaban J connectivity index is 2.12. The van der Waals surface area contributed by atoms with Crippen molar-refractivity contribution >= 4 is 5.91 Å². The van der Waals surface area contributed by atoms with Gasteiger partial charge in [-0.15, -0.1) is 0 Å². The van der Waals surface area contributed by atoms with Crippen LogP contribution in [0.4, 0.5) is 4.39 Å². The minimum Gasteiger partial charge on any atom is -0.346 e. The van der Waals surface area contributed by atoms with E-state index in [9.17, 15) is 18.8 Å². The first-order valence-electron chi connectivity index (χ1n) is 5.28. The topological polar surface area (TPSA) is 108 Å². The van der Waals surface area contributed by atoms with Crippen LogP contribution in [-0.4, -0.2) is 21.1 Å². The van der Waals surface area contributed by atoms with Gasteiger partial charge in [0.1, 0.15) is 5.82 Å². The molecular formula is C11H9FN4O3. The van der Waals surface area contributed by atoms with Crippen LogP contribution in [0, 0.1) is 5.82 Å². The van der Waals surface area contributed by atoms with E-state index >= 15 is 0 Å². The van der Waals surface area contributed by atoms with Gasteiger partial charge < -0.3 is 5.32 Å². The van der Waals surface area contributed by atoms with Gasteiger partial charge in [-0.2, -0.15) is 5.10 Å². The van der Waals surface area contributed by atoms with E-state index in [0.29, 0.717) is 0 Å². The van der Waals surface area contributed by atoms with Crippen molar-refractivity contribution in [3.63, 3.8) is 0 Å². The Morgan fingerprint density at radius 1 is 1.32 bits per heavy atom. The van der Waals surface area contributed by atoms with Crippen molar-refractivity contribution in [1.82, 2.24) is 20.5 Å². The number of nitrogens with one attached hydrogen (secondary N) is 3. The minimum atomic E-state index is -0.908. The minimum absolute atomic E-state index is 0.0915. The van der Waals surface area contributed by atoms with Gasteiger partial charge in [0.2, 0.25) is 5.69 Å². The molecule has 98 valence electrons. The van der Waals surface area contributed by atoms with Crippen molar-refractivity contribution in [3.8, 4) is 0 Å². The summed E-state index contributed by atoms with van der Waals surface area (Å²) in [5.41, 5.74) is -1.93. The first-order valence-corrected chi connectivity index (χ1v) is 5.28. The Bertz CT molecular complexity index is 722. The highest BCUT2D eigenvalue weighted by Gasteiger charge is 2.13. The molecule has 19 heavy (non-hydrogen) atoms. The lowest BCUT2D eigenvalue weighted by molar-refractivity contribution is 0.0942. The molecule has 0 fully saturated rings. The smallest absolute Gasteiger partial charge is 0.342 e. The molecule has 0 saturated carbocycles. The van der Waals surface area contributed by atoms with Gasteiger partial charge >= 0.3 is 5.69 Å². The molecule has 0 bridgehead atoms. The summed E-state index contributed by atoms with van der Waals surface area (Å²) in [6.45, 7) is -0.0915. The van der Waals surface area contributed by atoms with Crippen molar-refractivity contribution < 1.29 is 9.18 Å². The maximum Gasteiger partial charge on any atom is 0.342 e. The highest BCUT2D eigenvalue weighted by Crippen LogP contribution is 2.05. The Morgan fingerprint density at radius 3 is 2.74 bits per heavy atom. The predicted molar refractivity (Wildman–Crippen MR) is 63.0 cm³/mol. The van der Waals surface area contributed by atoms with Crippen molar-refractivity contribution in [2.24, 2.45) is 0 Å². The van der Waals surface area contributed by atoms with Crippen LogP contribution in [0.5, 0.6) is 0 Å². The Labute approximate surface area is 105 Å². The fourth-order valence-corrected chi connectivity index (χ4v) is 1.40.